The number of nitrogens with zero attached hydrogens (tertiary/aromatic N) is 2. The van der Waals surface area contributed by atoms with Crippen LogP contribution in [0.1, 0.15) is 12.8 Å². The van der Waals surface area contributed by atoms with Crippen molar-refractivity contribution in [2.75, 3.05) is 11.9 Å². The van der Waals surface area contributed by atoms with Crippen LogP contribution in [0, 0.1) is 5.92 Å². The van der Waals surface area contributed by atoms with Crippen molar-refractivity contribution < 1.29 is 0 Å². The van der Waals surface area contributed by atoms with Gasteiger partial charge in [0, 0.05) is 11.6 Å². The van der Waals surface area contributed by atoms with Gasteiger partial charge in [0.25, 0.3) is 5.56 Å². The standard InChI is InChI=1S/C11H13Cl2N3O/c1-7(12)4-14-10-9(13)5-15-16(11(10)17)6-8-2-3-8/h5,8,14H,1-4,6H2. The van der Waals surface area contributed by atoms with Gasteiger partial charge in [-0.05, 0) is 18.8 Å². The summed E-state index contributed by atoms with van der Waals surface area (Å²) >= 11 is 11.6. The van der Waals surface area contributed by atoms with Crippen molar-refractivity contribution in [3.05, 3.63) is 33.2 Å². The number of nitrogens with one attached hydrogen (secondary N) is 1. The first-order valence-electron chi connectivity index (χ1n) is 5.40. The van der Waals surface area contributed by atoms with Crippen LogP contribution in [0.5, 0.6) is 0 Å². The van der Waals surface area contributed by atoms with Gasteiger partial charge in [-0.2, -0.15) is 5.10 Å². The third-order valence-corrected chi connectivity index (χ3v) is 3.00. The van der Waals surface area contributed by atoms with E-state index in [4.69, 9.17) is 23.2 Å². The smallest absolute Gasteiger partial charge is 0.291 e. The Morgan fingerprint density at radius 3 is 2.94 bits per heavy atom. The fraction of sp³-hybridized carbons (Fsp3) is 0.455. The maximum Gasteiger partial charge on any atom is 0.291 e. The van der Waals surface area contributed by atoms with E-state index in [-0.39, 0.29) is 5.56 Å². The molecule has 0 atom stereocenters. The van der Waals surface area contributed by atoms with Gasteiger partial charge in [0.1, 0.15) is 5.69 Å². The monoisotopic (exact) mass is 273 g/mol. The van der Waals surface area contributed by atoms with Gasteiger partial charge in [-0.25, -0.2) is 4.68 Å². The van der Waals surface area contributed by atoms with Gasteiger partial charge in [-0.15, -0.1) is 0 Å². The second-order valence-electron chi connectivity index (χ2n) is 4.17. The van der Waals surface area contributed by atoms with Crippen LogP contribution in [-0.2, 0) is 6.54 Å². The number of rotatable bonds is 5. The molecular weight excluding hydrogens is 261 g/mol. The summed E-state index contributed by atoms with van der Waals surface area (Å²) in [7, 11) is 0. The van der Waals surface area contributed by atoms with Gasteiger partial charge in [0.15, 0.2) is 0 Å². The van der Waals surface area contributed by atoms with Crippen molar-refractivity contribution in [1.29, 1.82) is 0 Å². The van der Waals surface area contributed by atoms with E-state index in [1.165, 1.54) is 10.9 Å². The van der Waals surface area contributed by atoms with Gasteiger partial charge >= 0.3 is 0 Å². The zero-order valence-corrected chi connectivity index (χ0v) is 10.8. The Hall–Kier alpha value is -1.00. The summed E-state index contributed by atoms with van der Waals surface area (Å²) in [6, 6.07) is 0. The largest absolute Gasteiger partial charge is 0.374 e. The van der Waals surface area contributed by atoms with E-state index < -0.39 is 0 Å². The van der Waals surface area contributed by atoms with Crippen molar-refractivity contribution in [3.8, 4) is 0 Å². The van der Waals surface area contributed by atoms with Gasteiger partial charge in [-0.1, -0.05) is 29.8 Å². The molecule has 0 radical (unpaired) electrons. The molecule has 1 aliphatic carbocycles. The zero-order chi connectivity index (χ0) is 12.4. The van der Waals surface area contributed by atoms with Crippen molar-refractivity contribution in [2.45, 2.75) is 19.4 Å². The van der Waals surface area contributed by atoms with Crippen LogP contribution in [0.2, 0.25) is 5.02 Å². The molecule has 0 aliphatic heterocycles. The lowest BCUT2D eigenvalue weighted by atomic mass is 10.4. The lowest BCUT2D eigenvalue weighted by Crippen LogP contribution is -2.27. The molecule has 6 heteroatoms. The summed E-state index contributed by atoms with van der Waals surface area (Å²) in [4.78, 5) is 12.0. The first-order chi connectivity index (χ1) is 8.08. The minimum atomic E-state index is -0.206. The summed E-state index contributed by atoms with van der Waals surface area (Å²) in [5.74, 6) is 0.581. The van der Waals surface area contributed by atoms with Crippen LogP contribution >= 0.6 is 23.2 Å². The molecule has 2 rings (SSSR count). The van der Waals surface area contributed by atoms with Crippen molar-refractivity contribution in [2.24, 2.45) is 5.92 Å². The Bertz CT molecular complexity index is 494. The van der Waals surface area contributed by atoms with Crippen molar-refractivity contribution >= 4 is 28.9 Å². The van der Waals surface area contributed by atoms with E-state index in [2.05, 4.69) is 17.0 Å². The van der Waals surface area contributed by atoms with E-state index in [0.29, 0.717) is 34.7 Å². The van der Waals surface area contributed by atoms with E-state index >= 15 is 0 Å². The van der Waals surface area contributed by atoms with E-state index in [0.717, 1.165) is 12.8 Å². The molecule has 1 fully saturated rings. The van der Waals surface area contributed by atoms with Gasteiger partial charge < -0.3 is 5.32 Å². The maximum absolute atomic E-state index is 12.0. The van der Waals surface area contributed by atoms with Gasteiger partial charge in [-0.3, -0.25) is 4.79 Å². The third-order valence-electron chi connectivity index (χ3n) is 2.58. The molecule has 1 N–H and O–H groups in total. The molecule has 4 nitrogen and oxygen atoms in total. The molecule has 1 aliphatic rings. The van der Waals surface area contributed by atoms with Crippen molar-refractivity contribution in [3.63, 3.8) is 0 Å². The molecule has 17 heavy (non-hydrogen) atoms. The summed E-state index contributed by atoms with van der Waals surface area (Å²) in [6.45, 7) is 4.51. The predicted molar refractivity (Wildman–Crippen MR) is 69.7 cm³/mol. The molecule has 0 amide bonds. The second-order valence-corrected chi connectivity index (χ2v) is 5.11. The molecule has 1 saturated carbocycles. The second kappa shape index (κ2) is 5.10. The molecule has 0 aromatic carbocycles. The molecule has 0 spiro atoms. The SMILES string of the molecule is C=C(Cl)CNc1c(Cl)cnn(CC2CC2)c1=O. The van der Waals surface area contributed by atoms with E-state index in [1.54, 1.807) is 0 Å². The summed E-state index contributed by atoms with van der Waals surface area (Å²) in [5.41, 5.74) is 0.131. The Morgan fingerprint density at radius 1 is 1.65 bits per heavy atom. The van der Waals surface area contributed by atoms with Crippen molar-refractivity contribution in [1.82, 2.24) is 9.78 Å². The fourth-order valence-electron chi connectivity index (χ4n) is 1.49. The number of halogens is 2. The summed E-state index contributed by atoms with van der Waals surface area (Å²) in [5, 5.41) is 7.63. The predicted octanol–water partition coefficient (Wildman–Crippen LogP) is 2.47. The number of hydrogen-bond donors (Lipinski definition) is 1. The van der Waals surface area contributed by atoms with E-state index in [1.807, 2.05) is 0 Å². The Morgan fingerprint density at radius 2 is 2.35 bits per heavy atom. The minimum Gasteiger partial charge on any atom is -0.374 e. The minimum absolute atomic E-state index is 0.206. The molecule has 92 valence electrons. The average Bonchev–Trinajstić information content (AvgIpc) is 3.05. The molecule has 1 heterocycles. The maximum atomic E-state index is 12.0. The number of hydrogen-bond acceptors (Lipinski definition) is 3. The average molecular weight is 274 g/mol. The third kappa shape index (κ3) is 3.23. The van der Waals surface area contributed by atoms with Gasteiger partial charge in [0.05, 0.1) is 17.8 Å². The van der Waals surface area contributed by atoms with Gasteiger partial charge in [0.2, 0.25) is 0 Å². The fourth-order valence-corrected chi connectivity index (χ4v) is 1.75. The highest BCUT2D eigenvalue weighted by atomic mass is 35.5. The quantitative estimate of drug-likeness (QED) is 0.897. The molecular formula is C11H13Cl2N3O. The molecule has 1 aromatic rings. The molecule has 1 aromatic heterocycles. The summed E-state index contributed by atoms with van der Waals surface area (Å²) < 4.78 is 1.45. The Balaban J connectivity index is 2.22. The van der Waals surface area contributed by atoms with Crippen LogP contribution < -0.4 is 10.9 Å². The Labute approximate surface area is 109 Å². The van der Waals surface area contributed by atoms with E-state index in [9.17, 15) is 4.79 Å². The first-order valence-corrected chi connectivity index (χ1v) is 6.16. The topological polar surface area (TPSA) is 46.9 Å². The molecule has 0 bridgehead atoms. The van der Waals surface area contributed by atoms with Crippen LogP contribution in [0.15, 0.2) is 22.6 Å². The Kier molecular flexibility index (Phi) is 3.74. The highest BCUT2D eigenvalue weighted by molar-refractivity contribution is 6.33. The number of aromatic nitrogens is 2. The molecule has 0 unspecified atom stereocenters. The van der Waals surface area contributed by atoms with Crippen LogP contribution in [0.3, 0.4) is 0 Å². The molecule has 0 saturated heterocycles. The summed E-state index contributed by atoms with van der Waals surface area (Å²) in [6.07, 6.45) is 3.81. The zero-order valence-electron chi connectivity index (χ0n) is 9.25. The highest BCUT2D eigenvalue weighted by Gasteiger charge is 2.23. The number of anilines is 1. The van der Waals surface area contributed by atoms with Crippen LogP contribution in [0.25, 0.3) is 0 Å². The lowest BCUT2D eigenvalue weighted by Gasteiger charge is -2.09. The van der Waals surface area contributed by atoms with Crippen LogP contribution in [0.4, 0.5) is 5.69 Å². The lowest BCUT2D eigenvalue weighted by molar-refractivity contribution is 0.534. The normalized spacial score (nSPS) is 14.7. The highest BCUT2D eigenvalue weighted by Crippen LogP contribution is 2.30. The first kappa shape index (κ1) is 12.5. The van der Waals surface area contributed by atoms with Crippen LogP contribution in [-0.4, -0.2) is 16.3 Å².